The van der Waals surface area contributed by atoms with Gasteiger partial charge in [0.15, 0.2) is 5.82 Å². The third kappa shape index (κ3) is 5.79. The van der Waals surface area contributed by atoms with E-state index >= 15 is 0 Å². The van der Waals surface area contributed by atoms with Crippen molar-refractivity contribution < 1.29 is 14.5 Å². The van der Waals surface area contributed by atoms with Gasteiger partial charge in [-0.3, -0.25) is 20.0 Å². The minimum Gasteiger partial charge on any atom is -0.486 e. The molecule has 1 heterocycles. The molecule has 0 aliphatic heterocycles. The molecule has 144 valence electrons. The Morgan fingerprint density at radius 3 is 2.61 bits per heavy atom. The number of carbonyl (C=O) groups is 1. The van der Waals surface area contributed by atoms with Crippen LogP contribution in [0.25, 0.3) is 0 Å². The Bertz CT molecular complexity index is 962. The van der Waals surface area contributed by atoms with E-state index in [9.17, 15) is 14.9 Å². The van der Waals surface area contributed by atoms with Crippen molar-refractivity contribution in [2.24, 2.45) is 0 Å². The van der Waals surface area contributed by atoms with Gasteiger partial charge in [0.05, 0.1) is 10.7 Å². The predicted molar refractivity (Wildman–Crippen MR) is 107 cm³/mol. The van der Waals surface area contributed by atoms with Gasteiger partial charge in [0.25, 0.3) is 5.69 Å². The molecule has 9 nitrogen and oxygen atoms in total. The summed E-state index contributed by atoms with van der Waals surface area (Å²) in [7, 11) is 0. The monoisotopic (exact) mass is 463 g/mol. The van der Waals surface area contributed by atoms with Crippen molar-refractivity contribution in [3.05, 3.63) is 68.9 Å². The second kappa shape index (κ2) is 9.33. The van der Waals surface area contributed by atoms with Crippen LogP contribution in [-0.4, -0.2) is 31.8 Å². The molecule has 0 aliphatic rings. The number of thioether (sulfide) groups is 1. The molecular formula is C17H14BrN5O4S. The van der Waals surface area contributed by atoms with Crippen LogP contribution in [0, 0.1) is 10.1 Å². The number of hydrogen-bond donors (Lipinski definition) is 2. The number of nitrogens with zero attached hydrogens (tertiary/aromatic N) is 3. The summed E-state index contributed by atoms with van der Waals surface area (Å²) in [6.45, 7) is 0.226. The SMILES string of the molecule is O=C(CSc1n[nH]c(COc2ccc(Br)cc2)n1)Nc1ccc([N+](=O)[O-])cc1. The largest absolute Gasteiger partial charge is 0.486 e. The van der Waals surface area contributed by atoms with E-state index in [1.54, 1.807) is 0 Å². The van der Waals surface area contributed by atoms with Gasteiger partial charge in [-0.15, -0.1) is 5.10 Å². The highest BCUT2D eigenvalue weighted by molar-refractivity contribution is 9.10. The van der Waals surface area contributed by atoms with Crippen molar-refractivity contribution in [3.8, 4) is 5.75 Å². The van der Waals surface area contributed by atoms with Crippen LogP contribution in [0.1, 0.15) is 5.82 Å². The van der Waals surface area contributed by atoms with E-state index in [1.165, 1.54) is 24.3 Å². The van der Waals surface area contributed by atoms with E-state index in [0.29, 0.717) is 22.4 Å². The molecule has 0 unspecified atom stereocenters. The van der Waals surface area contributed by atoms with Gasteiger partial charge in [0.2, 0.25) is 11.1 Å². The first-order valence-corrected chi connectivity index (χ1v) is 9.74. The number of H-pyrrole nitrogens is 1. The highest BCUT2D eigenvalue weighted by Gasteiger charge is 2.10. The first-order valence-electron chi connectivity index (χ1n) is 7.96. The molecule has 0 atom stereocenters. The lowest BCUT2D eigenvalue weighted by Gasteiger charge is -2.03. The summed E-state index contributed by atoms with van der Waals surface area (Å²) in [6.07, 6.45) is 0. The maximum atomic E-state index is 12.0. The highest BCUT2D eigenvalue weighted by Crippen LogP contribution is 2.19. The van der Waals surface area contributed by atoms with Crippen molar-refractivity contribution in [2.75, 3.05) is 11.1 Å². The number of aromatic nitrogens is 3. The summed E-state index contributed by atoms with van der Waals surface area (Å²) in [5.74, 6) is 1.08. The minimum atomic E-state index is -0.497. The van der Waals surface area contributed by atoms with E-state index in [4.69, 9.17) is 4.74 Å². The molecule has 1 amide bonds. The third-order valence-corrected chi connectivity index (χ3v) is 4.77. The number of ether oxygens (including phenoxy) is 1. The van der Waals surface area contributed by atoms with E-state index < -0.39 is 4.92 Å². The molecule has 2 aromatic carbocycles. The lowest BCUT2D eigenvalue weighted by atomic mass is 10.3. The molecule has 0 fully saturated rings. The van der Waals surface area contributed by atoms with Gasteiger partial charge >= 0.3 is 0 Å². The van der Waals surface area contributed by atoms with Crippen molar-refractivity contribution in [1.29, 1.82) is 0 Å². The molecule has 0 radical (unpaired) electrons. The Morgan fingerprint density at radius 2 is 1.93 bits per heavy atom. The van der Waals surface area contributed by atoms with Crippen LogP contribution in [0.3, 0.4) is 0 Å². The molecule has 0 saturated heterocycles. The number of nitro benzene ring substituents is 1. The highest BCUT2D eigenvalue weighted by atomic mass is 79.9. The Labute approximate surface area is 172 Å². The molecule has 3 rings (SSSR count). The average molecular weight is 464 g/mol. The molecule has 1 aromatic heterocycles. The zero-order valence-electron chi connectivity index (χ0n) is 14.3. The molecule has 3 aromatic rings. The van der Waals surface area contributed by atoms with Crippen LogP contribution in [0.5, 0.6) is 5.75 Å². The van der Waals surface area contributed by atoms with Crippen molar-refractivity contribution in [2.45, 2.75) is 11.8 Å². The minimum absolute atomic E-state index is 0.0361. The molecule has 28 heavy (non-hydrogen) atoms. The lowest BCUT2D eigenvalue weighted by Crippen LogP contribution is -2.14. The first kappa shape index (κ1) is 19.8. The Morgan fingerprint density at radius 1 is 1.21 bits per heavy atom. The normalized spacial score (nSPS) is 10.5. The standard InChI is InChI=1S/C17H14BrN5O4S/c18-11-1-7-14(8-2-11)27-9-15-20-17(22-21-15)28-10-16(24)19-12-3-5-13(6-4-12)23(25)26/h1-8H,9-10H2,(H,19,24)(H,20,21,22). The number of nitrogens with one attached hydrogen (secondary N) is 2. The summed E-state index contributed by atoms with van der Waals surface area (Å²) in [5, 5.41) is 20.5. The van der Waals surface area contributed by atoms with E-state index in [-0.39, 0.29) is 24.0 Å². The molecule has 11 heteroatoms. The lowest BCUT2D eigenvalue weighted by molar-refractivity contribution is -0.384. The zero-order valence-corrected chi connectivity index (χ0v) is 16.7. The summed E-state index contributed by atoms with van der Waals surface area (Å²) in [6, 6.07) is 13.0. The fourth-order valence-electron chi connectivity index (χ4n) is 2.08. The fourth-order valence-corrected chi connectivity index (χ4v) is 2.96. The number of carbonyl (C=O) groups excluding carboxylic acids is 1. The second-order valence-corrected chi connectivity index (χ2v) is 7.31. The third-order valence-electron chi connectivity index (χ3n) is 3.39. The van der Waals surface area contributed by atoms with Crippen molar-refractivity contribution in [3.63, 3.8) is 0 Å². The number of aromatic amines is 1. The number of hydrogen-bond acceptors (Lipinski definition) is 7. The number of rotatable bonds is 8. The van der Waals surface area contributed by atoms with Crippen LogP contribution in [0.15, 0.2) is 58.2 Å². The average Bonchev–Trinajstić information content (AvgIpc) is 3.14. The number of nitro groups is 1. The Balaban J connectivity index is 1.45. The molecule has 0 bridgehead atoms. The first-order chi connectivity index (χ1) is 13.5. The molecule has 0 aliphatic carbocycles. The topological polar surface area (TPSA) is 123 Å². The maximum absolute atomic E-state index is 12.0. The molecule has 0 saturated carbocycles. The van der Waals surface area contributed by atoms with Gasteiger partial charge in [0, 0.05) is 22.3 Å². The molecule has 0 spiro atoms. The van der Waals surface area contributed by atoms with Gasteiger partial charge in [-0.25, -0.2) is 4.98 Å². The van der Waals surface area contributed by atoms with E-state index in [1.807, 2.05) is 24.3 Å². The van der Waals surface area contributed by atoms with Crippen LogP contribution < -0.4 is 10.1 Å². The van der Waals surface area contributed by atoms with Gasteiger partial charge in [-0.2, -0.15) is 0 Å². The predicted octanol–water partition coefficient (Wildman–Crippen LogP) is 3.79. The summed E-state index contributed by atoms with van der Waals surface area (Å²) in [5.41, 5.74) is 0.445. The molecule has 2 N–H and O–H groups in total. The quantitative estimate of drug-likeness (QED) is 0.295. The van der Waals surface area contributed by atoms with Gasteiger partial charge in [0.1, 0.15) is 12.4 Å². The van der Waals surface area contributed by atoms with Crippen LogP contribution in [0.4, 0.5) is 11.4 Å². The maximum Gasteiger partial charge on any atom is 0.269 e. The van der Waals surface area contributed by atoms with Crippen LogP contribution in [0.2, 0.25) is 0 Å². The fraction of sp³-hybridized carbons (Fsp3) is 0.118. The van der Waals surface area contributed by atoms with Gasteiger partial charge < -0.3 is 10.1 Å². The Kier molecular flexibility index (Phi) is 6.61. The van der Waals surface area contributed by atoms with Crippen LogP contribution >= 0.6 is 27.7 Å². The van der Waals surface area contributed by atoms with E-state index in [0.717, 1.165) is 16.2 Å². The van der Waals surface area contributed by atoms with Crippen molar-refractivity contribution >= 4 is 45.0 Å². The number of non-ortho nitro benzene ring substituents is 1. The number of benzene rings is 2. The summed E-state index contributed by atoms with van der Waals surface area (Å²) < 4.78 is 6.56. The van der Waals surface area contributed by atoms with Gasteiger partial charge in [-0.05, 0) is 36.4 Å². The summed E-state index contributed by atoms with van der Waals surface area (Å²) >= 11 is 4.52. The van der Waals surface area contributed by atoms with E-state index in [2.05, 4.69) is 36.4 Å². The second-order valence-electron chi connectivity index (χ2n) is 5.45. The van der Waals surface area contributed by atoms with Crippen LogP contribution in [-0.2, 0) is 11.4 Å². The zero-order chi connectivity index (χ0) is 19.9. The summed E-state index contributed by atoms with van der Waals surface area (Å²) in [4.78, 5) is 26.4. The Hall–Kier alpha value is -2.92. The number of amides is 1. The number of halogens is 1. The molecular weight excluding hydrogens is 450 g/mol. The van der Waals surface area contributed by atoms with Gasteiger partial charge in [-0.1, -0.05) is 27.7 Å². The van der Waals surface area contributed by atoms with Crippen molar-refractivity contribution in [1.82, 2.24) is 15.2 Å². The smallest absolute Gasteiger partial charge is 0.269 e. The number of anilines is 1.